The van der Waals surface area contributed by atoms with E-state index in [4.69, 9.17) is 9.15 Å². The zero-order valence-corrected chi connectivity index (χ0v) is 16.8. The normalized spacial score (nSPS) is 18.7. The summed E-state index contributed by atoms with van der Waals surface area (Å²) in [6.45, 7) is 1.31. The second-order valence-corrected chi connectivity index (χ2v) is 7.40. The summed E-state index contributed by atoms with van der Waals surface area (Å²) in [6.07, 6.45) is -0.347. The van der Waals surface area contributed by atoms with E-state index in [1.807, 2.05) is 65.6 Å². The Hall–Kier alpha value is -3.49. The quantitative estimate of drug-likeness (QED) is 0.439. The minimum atomic E-state index is -0.596. The zero-order valence-electron chi connectivity index (χ0n) is 16.8. The minimum absolute atomic E-state index is 0.0819. The van der Waals surface area contributed by atoms with E-state index >= 15 is 0 Å². The fraction of sp³-hybridized carbons (Fsp3) is 0.261. The lowest BCUT2D eigenvalue weighted by Crippen LogP contribution is -2.37. The largest absolute Gasteiger partial charge is 0.433 e. The summed E-state index contributed by atoms with van der Waals surface area (Å²) in [7, 11) is 0. The van der Waals surface area contributed by atoms with E-state index < -0.39 is 11.2 Å². The molecule has 31 heavy (non-hydrogen) atoms. The van der Waals surface area contributed by atoms with Crippen LogP contribution in [-0.2, 0) is 22.6 Å². The fourth-order valence-electron chi connectivity index (χ4n) is 3.67. The van der Waals surface area contributed by atoms with Gasteiger partial charge < -0.3 is 14.5 Å². The SMILES string of the molecule is O=C(CC1COC(c2ccc([N+](=O)[O-])o2)N1Cc1ccccc1)NCc1ccccc1. The number of carbonyl (C=O) groups excluding carboxylic acids is 1. The van der Waals surface area contributed by atoms with Crippen LogP contribution in [0.3, 0.4) is 0 Å². The molecule has 2 unspecified atom stereocenters. The maximum absolute atomic E-state index is 12.6. The number of nitrogens with one attached hydrogen (secondary N) is 1. The van der Waals surface area contributed by atoms with Crippen LogP contribution in [0.25, 0.3) is 0 Å². The van der Waals surface area contributed by atoms with Crippen molar-refractivity contribution in [2.24, 2.45) is 0 Å². The second-order valence-electron chi connectivity index (χ2n) is 7.40. The van der Waals surface area contributed by atoms with Gasteiger partial charge in [0.2, 0.25) is 5.91 Å². The molecule has 160 valence electrons. The molecule has 2 atom stereocenters. The molecule has 2 aromatic carbocycles. The van der Waals surface area contributed by atoms with Crippen LogP contribution in [0, 0.1) is 10.1 Å². The number of nitro groups is 1. The Balaban J connectivity index is 1.47. The van der Waals surface area contributed by atoms with Crippen molar-refractivity contribution in [3.05, 3.63) is 99.8 Å². The van der Waals surface area contributed by atoms with Gasteiger partial charge in [0, 0.05) is 25.6 Å². The number of rotatable bonds is 8. The number of hydrogen-bond acceptors (Lipinski definition) is 6. The Morgan fingerprint density at radius 2 is 1.71 bits per heavy atom. The highest BCUT2D eigenvalue weighted by molar-refractivity contribution is 5.76. The van der Waals surface area contributed by atoms with Crippen LogP contribution in [0.15, 0.2) is 77.2 Å². The Morgan fingerprint density at radius 1 is 1.03 bits per heavy atom. The first kappa shape index (κ1) is 20.8. The molecule has 2 heterocycles. The van der Waals surface area contributed by atoms with E-state index in [9.17, 15) is 14.9 Å². The topological polar surface area (TPSA) is 97.8 Å². The first-order valence-corrected chi connectivity index (χ1v) is 10.1. The van der Waals surface area contributed by atoms with Crippen molar-refractivity contribution < 1.29 is 18.9 Å². The molecule has 8 nitrogen and oxygen atoms in total. The predicted molar refractivity (Wildman–Crippen MR) is 113 cm³/mol. The maximum atomic E-state index is 12.6. The third-order valence-electron chi connectivity index (χ3n) is 5.21. The number of carbonyl (C=O) groups is 1. The van der Waals surface area contributed by atoms with E-state index in [1.165, 1.54) is 6.07 Å². The molecule has 1 amide bonds. The molecular weight excluding hydrogens is 398 g/mol. The van der Waals surface area contributed by atoms with Crippen molar-refractivity contribution in [3.63, 3.8) is 0 Å². The van der Waals surface area contributed by atoms with Crippen LogP contribution in [0.5, 0.6) is 0 Å². The van der Waals surface area contributed by atoms with Crippen molar-refractivity contribution in [3.8, 4) is 0 Å². The molecule has 0 bridgehead atoms. The van der Waals surface area contributed by atoms with Crippen LogP contribution in [-0.4, -0.2) is 28.4 Å². The molecule has 1 saturated heterocycles. The molecule has 1 fully saturated rings. The molecule has 0 spiro atoms. The van der Waals surface area contributed by atoms with Gasteiger partial charge in [0.1, 0.15) is 4.92 Å². The molecule has 1 aliphatic heterocycles. The lowest BCUT2D eigenvalue weighted by molar-refractivity contribution is -0.402. The first-order valence-electron chi connectivity index (χ1n) is 10.1. The average molecular weight is 421 g/mol. The smallest absolute Gasteiger partial charge is 0.402 e. The van der Waals surface area contributed by atoms with Crippen LogP contribution >= 0.6 is 0 Å². The van der Waals surface area contributed by atoms with Crippen molar-refractivity contribution in [2.45, 2.75) is 31.8 Å². The van der Waals surface area contributed by atoms with Gasteiger partial charge >= 0.3 is 5.88 Å². The Kier molecular flexibility index (Phi) is 6.40. The molecule has 0 radical (unpaired) electrons. The minimum Gasteiger partial charge on any atom is -0.402 e. The fourth-order valence-corrected chi connectivity index (χ4v) is 3.67. The summed E-state index contributed by atoms with van der Waals surface area (Å²) >= 11 is 0. The van der Waals surface area contributed by atoms with Gasteiger partial charge in [-0.1, -0.05) is 60.7 Å². The van der Waals surface area contributed by atoms with E-state index in [0.29, 0.717) is 25.5 Å². The van der Waals surface area contributed by atoms with Gasteiger partial charge in [-0.25, -0.2) is 0 Å². The van der Waals surface area contributed by atoms with Crippen molar-refractivity contribution >= 4 is 11.8 Å². The van der Waals surface area contributed by atoms with E-state index in [-0.39, 0.29) is 24.3 Å². The molecule has 8 heteroatoms. The maximum Gasteiger partial charge on any atom is 0.433 e. The van der Waals surface area contributed by atoms with Crippen LogP contribution in [0.1, 0.15) is 29.5 Å². The van der Waals surface area contributed by atoms with Crippen LogP contribution in [0.2, 0.25) is 0 Å². The summed E-state index contributed by atoms with van der Waals surface area (Å²) < 4.78 is 11.3. The molecule has 4 rings (SSSR count). The highest BCUT2D eigenvalue weighted by Gasteiger charge is 2.38. The van der Waals surface area contributed by atoms with Crippen molar-refractivity contribution in [2.75, 3.05) is 6.61 Å². The van der Waals surface area contributed by atoms with E-state index in [2.05, 4.69) is 5.32 Å². The van der Waals surface area contributed by atoms with Gasteiger partial charge in [-0.05, 0) is 17.2 Å². The van der Waals surface area contributed by atoms with Gasteiger partial charge in [0.25, 0.3) is 0 Å². The van der Waals surface area contributed by atoms with Crippen molar-refractivity contribution in [1.29, 1.82) is 0 Å². The van der Waals surface area contributed by atoms with Gasteiger partial charge in [0.05, 0.1) is 12.7 Å². The molecule has 1 aliphatic rings. The number of hydrogen-bond donors (Lipinski definition) is 1. The standard InChI is InChI=1S/C23H23N3O5/c27-21(24-14-17-7-3-1-4-8-17)13-19-16-30-23(20-11-12-22(31-20)26(28)29)25(19)15-18-9-5-2-6-10-18/h1-12,19,23H,13-16H2,(H,24,27). The highest BCUT2D eigenvalue weighted by Crippen LogP contribution is 2.35. The summed E-state index contributed by atoms with van der Waals surface area (Å²) in [5.74, 6) is -0.0567. The van der Waals surface area contributed by atoms with E-state index in [1.54, 1.807) is 6.07 Å². The average Bonchev–Trinajstić information content (AvgIpc) is 3.42. The molecule has 0 saturated carbocycles. The monoisotopic (exact) mass is 421 g/mol. The van der Waals surface area contributed by atoms with Crippen LogP contribution in [0.4, 0.5) is 5.88 Å². The molecular formula is C23H23N3O5. The number of nitrogens with zero attached hydrogens (tertiary/aromatic N) is 2. The van der Waals surface area contributed by atoms with Gasteiger partial charge in [-0.15, -0.1) is 0 Å². The number of amides is 1. The van der Waals surface area contributed by atoms with Gasteiger partial charge in [-0.2, -0.15) is 0 Å². The lowest BCUT2D eigenvalue weighted by atomic mass is 10.1. The zero-order chi connectivity index (χ0) is 21.6. The summed E-state index contributed by atoms with van der Waals surface area (Å²) in [6, 6.07) is 22.2. The number of ether oxygens (including phenoxy) is 1. The predicted octanol–water partition coefficient (Wildman–Crippen LogP) is 3.79. The number of furan rings is 1. The van der Waals surface area contributed by atoms with Crippen molar-refractivity contribution in [1.82, 2.24) is 10.2 Å². The lowest BCUT2D eigenvalue weighted by Gasteiger charge is -2.26. The summed E-state index contributed by atoms with van der Waals surface area (Å²) in [5, 5.41) is 14.0. The van der Waals surface area contributed by atoms with Gasteiger partial charge in [0.15, 0.2) is 12.0 Å². The number of benzene rings is 2. The molecule has 1 aromatic heterocycles. The Labute approximate surface area is 179 Å². The highest BCUT2D eigenvalue weighted by atomic mass is 16.7. The van der Waals surface area contributed by atoms with Gasteiger partial charge in [-0.3, -0.25) is 19.8 Å². The third kappa shape index (κ3) is 5.17. The third-order valence-corrected chi connectivity index (χ3v) is 5.21. The summed E-state index contributed by atoms with van der Waals surface area (Å²) in [4.78, 5) is 25.0. The molecule has 0 aliphatic carbocycles. The van der Waals surface area contributed by atoms with Crippen LogP contribution < -0.4 is 5.32 Å². The molecule has 1 N–H and O–H groups in total. The second kappa shape index (κ2) is 9.55. The van der Waals surface area contributed by atoms with E-state index in [0.717, 1.165) is 11.1 Å². The summed E-state index contributed by atoms with van der Waals surface area (Å²) in [5.41, 5.74) is 2.08. The molecule has 3 aromatic rings. The first-order chi connectivity index (χ1) is 15.1. The Morgan fingerprint density at radius 3 is 2.35 bits per heavy atom. The Bertz CT molecular complexity index is 1020.